The van der Waals surface area contributed by atoms with Crippen LogP contribution in [0.4, 0.5) is 4.79 Å². The van der Waals surface area contributed by atoms with Crippen molar-refractivity contribution in [3.63, 3.8) is 0 Å². The van der Waals surface area contributed by atoms with Gasteiger partial charge < -0.3 is 35.1 Å². The van der Waals surface area contributed by atoms with Gasteiger partial charge in [-0.1, -0.05) is 11.6 Å². The molecule has 0 unspecified atom stereocenters. The highest BCUT2D eigenvalue weighted by molar-refractivity contribution is 6.33. The molecule has 0 saturated carbocycles. The van der Waals surface area contributed by atoms with E-state index in [2.05, 4.69) is 16.0 Å². The summed E-state index contributed by atoms with van der Waals surface area (Å²) in [5.41, 5.74) is -0.437. The first-order valence-electron chi connectivity index (χ1n) is 12.2. The van der Waals surface area contributed by atoms with Crippen LogP contribution >= 0.6 is 11.6 Å². The summed E-state index contributed by atoms with van der Waals surface area (Å²) < 4.78 is 15.6. The Labute approximate surface area is 216 Å². The third-order valence-electron chi connectivity index (χ3n) is 6.54. The summed E-state index contributed by atoms with van der Waals surface area (Å²) in [5, 5.41) is 9.61. The minimum atomic E-state index is -1.02. The quantitative estimate of drug-likeness (QED) is 0.448. The van der Waals surface area contributed by atoms with Crippen molar-refractivity contribution in [1.82, 2.24) is 20.9 Å². The van der Waals surface area contributed by atoms with Crippen molar-refractivity contribution in [3.05, 3.63) is 28.8 Å². The Balaban J connectivity index is 1.65. The molecule has 11 heteroatoms. The standard InChI is InChI=1S/C25H35ClN4O6/c1-4-36-24(33)30-15-9-18(10-16-30)28-23(32)25(11-13-27-14-12-25)29-20(31)8-6-17-5-7-19(34-2)22(35-3)21(17)26/h5-8,18,27H,4,9-16H2,1-3H3,(H,28,32)(H,29,31)/b8-6+. The first-order valence-corrected chi connectivity index (χ1v) is 12.6. The Bertz CT molecular complexity index is 972. The number of nitrogens with zero attached hydrogens (tertiary/aromatic N) is 1. The molecule has 2 fully saturated rings. The summed E-state index contributed by atoms with van der Waals surface area (Å²) in [5.74, 6) is 0.270. The van der Waals surface area contributed by atoms with E-state index in [4.69, 9.17) is 25.8 Å². The number of hydrogen-bond donors (Lipinski definition) is 3. The van der Waals surface area contributed by atoms with Gasteiger partial charge in [-0.25, -0.2) is 4.79 Å². The normalized spacial score (nSPS) is 17.9. The van der Waals surface area contributed by atoms with Gasteiger partial charge in [-0.3, -0.25) is 9.59 Å². The molecule has 2 heterocycles. The lowest BCUT2D eigenvalue weighted by molar-refractivity contribution is -0.134. The zero-order valence-corrected chi connectivity index (χ0v) is 21.8. The van der Waals surface area contributed by atoms with Crippen LogP contribution in [-0.4, -0.2) is 81.4 Å². The van der Waals surface area contributed by atoms with E-state index in [1.165, 1.54) is 20.3 Å². The first kappa shape index (κ1) is 27.6. The van der Waals surface area contributed by atoms with Crippen LogP contribution in [0.2, 0.25) is 5.02 Å². The predicted octanol–water partition coefficient (Wildman–Crippen LogP) is 2.35. The fraction of sp³-hybridized carbons (Fsp3) is 0.560. The number of carbonyl (C=O) groups excluding carboxylic acids is 3. The largest absolute Gasteiger partial charge is 0.493 e. The Morgan fingerprint density at radius 1 is 1.17 bits per heavy atom. The van der Waals surface area contributed by atoms with Crippen LogP contribution in [-0.2, 0) is 14.3 Å². The molecule has 36 heavy (non-hydrogen) atoms. The van der Waals surface area contributed by atoms with Gasteiger partial charge in [0.25, 0.3) is 0 Å². The maximum Gasteiger partial charge on any atom is 0.409 e. The molecule has 0 spiro atoms. The summed E-state index contributed by atoms with van der Waals surface area (Å²) in [6.45, 7) is 4.35. The molecule has 1 aromatic rings. The van der Waals surface area contributed by atoms with Crippen molar-refractivity contribution in [2.75, 3.05) is 47.0 Å². The van der Waals surface area contributed by atoms with Crippen molar-refractivity contribution in [2.24, 2.45) is 0 Å². The number of amides is 3. The molecule has 0 aromatic heterocycles. The second-order valence-electron chi connectivity index (χ2n) is 8.79. The predicted molar refractivity (Wildman–Crippen MR) is 136 cm³/mol. The lowest BCUT2D eigenvalue weighted by atomic mass is 9.86. The second-order valence-corrected chi connectivity index (χ2v) is 9.17. The number of likely N-dealkylation sites (tertiary alicyclic amines) is 1. The van der Waals surface area contributed by atoms with Gasteiger partial charge in [-0.05, 0) is 69.5 Å². The Kier molecular flexibility index (Phi) is 9.83. The number of ether oxygens (including phenoxy) is 3. The highest BCUT2D eigenvalue weighted by Gasteiger charge is 2.41. The van der Waals surface area contributed by atoms with E-state index in [1.807, 2.05) is 0 Å². The number of rotatable bonds is 8. The fourth-order valence-electron chi connectivity index (χ4n) is 4.48. The Hall–Kier alpha value is -2.98. The summed E-state index contributed by atoms with van der Waals surface area (Å²) in [4.78, 5) is 39.9. The van der Waals surface area contributed by atoms with Gasteiger partial charge in [-0.15, -0.1) is 0 Å². The number of nitrogens with one attached hydrogen (secondary N) is 3. The van der Waals surface area contributed by atoms with Gasteiger partial charge >= 0.3 is 6.09 Å². The monoisotopic (exact) mass is 522 g/mol. The maximum absolute atomic E-state index is 13.4. The molecule has 0 radical (unpaired) electrons. The van der Waals surface area contributed by atoms with E-state index < -0.39 is 11.4 Å². The average Bonchev–Trinajstić information content (AvgIpc) is 2.88. The minimum Gasteiger partial charge on any atom is -0.493 e. The molecule has 0 aliphatic carbocycles. The zero-order chi connectivity index (χ0) is 26.1. The van der Waals surface area contributed by atoms with Gasteiger partial charge in [0, 0.05) is 25.2 Å². The minimum absolute atomic E-state index is 0.0760. The molecule has 198 valence electrons. The maximum atomic E-state index is 13.4. The lowest BCUT2D eigenvalue weighted by Gasteiger charge is -2.39. The van der Waals surface area contributed by atoms with E-state index in [-0.39, 0.29) is 18.0 Å². The summed E-state index contributed by atoms with van der Waals surface area (Å²) >= 11 is 6.41. The van der Waals surface area contributed by atoms with Crippen LogP contribution in [0.25, 0.3) is 6.08 Å². The molecule has 2 saturated heterocycles. The SMILES string of the molecule is CCOC(=O)N1CCC(NC(=O)C2(NC(=O)/C=C/c3ccc(OC)c(OC)c3Cl)CCNCC2)CC1. The molecule has 0 bridgehead atoms. The average molecular weight is 523 g/mol. The van der Waals surface area contributed by atoms with Crippen molar-refractivity contribution < 1.29 is 28.6 Å². The van der Waals surface area contributed by atoms with E-state index in [0.717, 1.165) is 0 Å². The Morgan fingerprint density at radius 3 is 2.47 bits per heavy atom. The van der Waals surface area contributed by atoms with Gasteiger partial charge in [0.15, 0.2) is 11.5 Å². The third kappa shape index (κ3) is 6.61. The van der Waals surface area contributed by atoms with Gasteiger partial charge in [0.1, 0.15) is 5.54 Å². The van der Waals surface area contributed by atoms with Crippen LogP contribution in [0.3, 0.4) is 0 Å². The van der Waals surface area contributed by atoms with Crippen LogP contribution in [0.5, 0.6) is 11.5 Å². The molecule has 3 N–H and O–H groups in total. The first-order chi connectivity index (χ1) is 17.3. The number of piperidine rings is 2. The van der Waals surface area contributed by atoms with Gasteiger partial charge in [-0.2, -0.15) is 0 Å². The zero-order valence-electron chi connectivity index (χ0n) is 21.0. The van der Waals surface area contributed by atoms with Crippen LogP contribution in [0, 0.1) is 0 Å². The van der Waals surface area contributed by atoms with Crippen molar-refractivity contribution in [3.8, 4) is 11.5 Å². The molecule has 10 nitrogen and oxygen atoms in total. The number of halogens is 1. The number of methoxy groups -OCH3 is 2. The molecule has 2 aliphatic heterocycles. The second kappa shape index (κ2) is 12.8. The van der Waals surface area contributed by atoms with Crippen molar-refractivity contribution in [2.45, 2.75) is 44.2 Å². The van der Waals surface area contributed by atoms with Crippen molar-refractivity contribution in [1.29, 1.82) is 0 Å². The highest BCUT2D eigenvalue weighted by Crippen LogP contribution is 2.37. The molecule has 0 atom stereocenters. The summed E-state index contributed by atoms with van der Waals surface area (Å²) in [6.07, 6.45) is 4.81. The Morgan fingerprint density at radius 2 is 1.86 bits per heavy atom. The number of hydrogen-bond acceptors (Lipinski definition) is 7. The van der Waals surface area contributed by atoms with Crippen molar-refractivity contribution >= 4 is 35.6 Å². The van der Waals surface area contributed by atoms with E-state index in [0.29, 0.717) is 80.6 Å². The molecular weight excluding hydrogens is 488 g/mol. The number of carbonyl (C=O) groups is 3. The molecule has 3 rings (SSSR count). The summed E-state index contributed by atoms with van der Waals surface area (Å²) in [7, 11) is 3.01. The van der Waals surface area contributed by atoms with E-state index in [9.17, 15) is 14.4 Å². The van der Waals surface area contributed by atoms with Crippen LogP contribution in [0.15, 0.2) is 18.2 Å². The number of benzene rings is 1. The molecule has 2 aliphatic rings. The smallest absolute Gasteiger partial charge is 0.409 e. The van der Waals surface area contributed by atoms with Crippen LogP contribution in [0.1, 0.15) is 38.2 Å². The highest BCUT2D eigenvalue weighted by atomic mass is 35.5. The molecular formula is C25H35ClN4O6. The summed E-state index contributed by atoms with van der Waals surface area (Å²) in [6, 6.07) is 3.35. The van der Waals surface area contributed by atoms with E-state index >= 15 is 0 Å². The molecule has 1 aromatic carbocycles. The topological polar surface area (TPSA) is 118 Å². The van der Waals surface area contributed by atoms with E-state index in [1.54, 1.807) is 30.0 Å². The lowest BCUT2D eigenvalue weighted by Crippen LogP contribution is -2.64. The fourth-order valence-corrected chi connectivity index (χ4v) is 4.78. The third-order valence-corrected chi connectivity index (χ3v) is 6.93. The van der Waals surface area contributed by atoms with Crippen LogP contribution < -0.4 is 25.4 Å². The van der Waals surface area contributed by atoms with Gasteiger partial charge in [0.05, 0.1) is 25.8 Å². The molecule has 3 amide bonds. The van der Waals surface area contributed by atoms with Gasteiger partial charge in [0.2, 0.25) is 11.8 Å².